The van der Waals surface area contributed by atoms with Crippen molar-refractivity contribution >= 4 is 44.9 Å². The highest BCUT2D eigenvalue weighted by Gasteiger charge is 2.41. The van der Waals surface area contributed by atoms with Crippen LogP contribution in [0.5, 0.6) is 0 Å². The van der Waals surface area contributed by atoms with Gasteiger partial charge in [-0.2, -0.15) is 0 Å². The standard InChI is InChI=1S/2C18H11NO2/c2*20-17-12-6-2-3-7-13(12)18(21)16(17)15-10-9-11-5-1-4-8-14(11)19-15/h2*1-10,16H. The third-order valence-electron chi connectivity index (χ3n) is 7.80. The molecule has 0 atom stereocenters. The van der Waals surface area contributed by atoms with Crippen LogP contribution in [-0.2, 0) is 0 Å². The highest BCUT2D eigenvalue weighted by molar-refractivity contribution is 6.30. The van der Waals surface area contributed by atoms with Gasteiger partial charge < -0.3 is 0 Å². The van der Waals surface area contributed by atoms with Gasteiger partial charge >= 0.3 is 0 Å². The summed E-state index contributed by atoms with van der Waals surface area (Å²) in [6.45, 7) is 0. The van der Waals surface area contributed by atoms with Crippen LogP contribution in [0.1, 0.15) is 64.7 Å². The molecule has 0 N–H and O–H groups in total. The van der Waals surface area contributed by atoms with Crippen molar-refractivity contribution < 1.29 is 19.2 Å². The van der Waals surface area contributed by atoms with Crippen LogP contribution >= 0.6 is 0 Å². The minimum Gasteiger partial charge on any atom is -0.293 e. The van der Waals surface area contributed by atoms with E-state index >= 15 is 0 Å². The number of nitrogens with zero attached hydrogens (tertiary/aromatic N) is 2. The summed E-state index contributed by atoms with van der Waals surface area (Å²) >= 11 is 0. The number of ketones is 4. The van der Waals surface area contributed by atoms with Crippen molar-refractivity contribution in [2.45, 2.75) is 11.8 Å². The molecular formula is C36H22N2O4. The molecule has 0 saturated carbocycles. The zero-order chi connectivity index (χ0) is 28.8. The molecule has 4 aromatic carbocycles. The smallest absolute Gasteiger partial charge is 0.180 e. The van der Waals surface area contributed by atoms with Crippen molar-refractivity contribution in [2.24, 2.45) is 0 Å². The van der Waals surface area contributed by atoms with E-state index in [0.29, 0.717) is 33.6 Å². The van der Waals surface area contributed by atoms with Gasteiger partial charge in [0.1, 0.15) is 11.8 Å². The molecule has 0 spiro atoms. The lowest BCUT2D eigenvalue weighted by molar-refractivity contribution is 0.0872. The van der Waals surface area contributed by atoms with Crippen LogP contribution in [-0.4, -0.2) is 33.1 Å². The van der Waals surface area contributed by atoms with E-state index in [1.54, 1.807) is 60.7 Å². The molecule has 0 fully saturated rings. The molecule has 2 aromatic heterocycles. The van der Waals surface area contributed by atoms with Gasteiger partial charge in [-0.15, -0.1) is 0 Å². The Bertz CT molecular complexity index is 1880. The third kappa shape index (κ3) is 4.12. The summed E-state index contributed by atoms with van der Waals surface area (Å²) in [6, 6.07) is 36.6. The van der Waals surface area contributed by atoms with Crippen LogP contribution in [0.2, 0.25) is 0 Å². The number of benzene rings is 4. The minimum atomic E-state index is -0.799. The van der Waals surface area contributed by atoms with Crippen LogP contribution in [0.15, 0.2) is 121 Å². The summed E-state index contributed by atoms with van der Waals surface area (Å²) in [5.41, 5.74) is 4.66. The number of Topliss-reactive ketones (excluding diaryl/α,β-unsaturated/α-hetero) is 4. The maximum atomic E-state index is 12.5. The lowest BCUT2D eigenvalue weighted by Gasteiger charge is -2.07. The van der Waals surface area contributed by atoms with Gasteiger partial charge in [0.2, 0.25) is 0 Å². The van der Waals surface area contributed by atoms with Crippen LogP contribution in [0.4, 0.5) is 0 Å². The average molecular weight is 547 g/mol. The Morgan fingerprint density at radius 1 is 0.357 bits per heavy atom. The van der Waals surface area contributed by atoms with Gasteiger partial charge in [-0.1, -0.05) is 97.1 Å². The van der Waals surface area contributed by atoms with Crippen LogP contribution in [0, 0.1) is 0 Å². The monoisotopic (exact) mass is 546 g/mol. The molecule has 2 aliphatic rings. The first-order valence-corrected chi connectivity index (χ1v) is 13.6. The first kappa shape index (κ1) is 25.4. The zero-order valence-electron chi connectivity index (χ0n) is 22.2. The van der Waals surface area contributed by atoms with Crippen molar-refractivity contribution in [1.29, 1.82) is 0 Å². The number of carbonyl (C=O) groups excluding carboxylic acids is 4. The number of para-hydroxylation sites is 2. The number of fused-ring (bicyclic) bond motifs is 4. The minimum absolute atomic E-state index is 0.154. The molecule has 6 heteroatoms. The van der Waals surface area contributed by atoms with Crippen molar-refractivity contribution in [2.75, 3.05) is 0 Å². The average Bonchev–Trinajstić information content (AvgIpc) is 3.45. The van der Waals surface area contributed by atoms with Crippen molar-refractivity contribution in [3.05, 3.63) is 155 Å². The van der Waals surface area contributed by atoms with E-state index in [9.17, 15) is 19.2 Å². The molecule has 42 heavy (non-hydrogen) atoms. The van der Waals surface area contributed by atoms with E-state index in [4.69, 9.17) is 0 Å². The Labute approximate surface area is 240 Å². The maximum Gasteiger partial charge on any atom is 0.180 e. The number of rotatable bonds is 2. The van der Waals surface area contributed by atoms with Gasteiger partial charge in [0.05, 0.1) is 22.4 Å². The summed E-state index contributed by atoms with van der Waals surface area (Å²) in [5, 5.41) is 1.99. The lowest BCUT2D eigenvalue weighted by atomic mass is 9.98. The van der Waals surface area contributed by atoms with Crippen LogP contribution < -0.4 is 0 Å². The molecule has 0 radical (unpaired) electrons. The van der Waals surface area contributed by atoms with Crippen LogP contribution in [0.3, 0.4) is 0 Å². The Morgan fingerprint density at radius 2 is 0.667 bits per heavy atom. The predicted molar refractivity (Wildman–Crippen MR) is 159 cm³/mol. The molecule has 6 nitrogen and oxygen atoms in total. The van der Waals surface area contributed by atoms with Gasteiger partial charge in [0.25, 0.3) is 0 Å². The molecule has 0 saturated heterocycles. The van der Waals surface area contributed by atoms with E-state index in [-0.39, 0.29) is 23.1 Å². The fourth-order valence-corrected chi connectivity index (χ4v) is 5.71. The van der Waals surface area contributed by atoms with Crippen molar-refractivity contribution in [3.8, 4) is 0 Å². The number of aromatic nitrogens is 2. The van der Waals surface area contributed by atoms with Gasteiger partial charge in [-0.05, 0) is 24.3 Å². The summed E-state index contributed by atoms with van der Waals surface area (Å²) in [4.78, 5) is 58.9. The molecule has 0 bridgehead atoms. The summed E-state index contributed by atoms with van der Waals surface area (Å²) in [5.74, 6) is -2.22. The second-order valence-electron chi connectivity index (χ2n) is 10.3. The highest BCUT2D eigenvalue weighted by Crippen LogP contribution is 2.35. The molecule has 200 valence electrons. The van der Waals surface area contributed by atoms with Gasteiger partial charge in [-0.3, -0.25) is 29.1 Å². The number of carbonyl (C=O) groups is 4. The van der Waals surface area contributed by atoms with Crippen LogP contribution in [0.25, 0.3) is 21.8 Å². The normalized spacial score (nSPS) is 14.7. The molecule has 2 aliphatic carbocycles. The first-order chi connectivity index (χ1) is 20.5. The van der Waals surface area contributed by atoms with Crippen molar-refractivity contribution in [1.82, 2.24) is 9.97 Å². The van der Waals surface area contributed by atoms with Gasteiger partial charge in [0, 0.05) is 33.0 Å². The first-order valence-electron chi connectivity index (χ1n) is 13.6. The van der Waals surface area contributed by atoms with E-state index < -0.39 is 11.8 Å². The summed E-state index contributed by atoms with van der Waals surface area (Å²) in [6.07, 6.45) is 0. The SMILES string of the molecule is O=C1c2ccccc2C(=O)C1c1ccc2ccccc2n1.O=C1c2ccccc2C(=O)C1c1ccc2ccccc2n1. The Hall–Kier alpha value is -5.62. The molecule has 0 amide bonds. The number of pyridine rings is 2. The summed E-state index contributed by atoms with van der Waals surface area (Å²) < 4.78 is 0. The Balaban J connectivity index is 0.000000137. The van der Waals surface area contributed by atoms with Gasteiger partial charge in [0.15, 0.2) is 23.1 Å². The molecule has 0 aliphatic heterocycles. The molecule has 0 unspecified atom stereocenters. The molecule has 6 aromatic rings. The zero-order valence-corrected chi connectivity index (χ0v) is 22.2. The lowest BCUT2D eigenvalue weighted by Crippen LogP contribution is -2.14. The van der Waals surface area contributed by atoms with Crippen molar-refractivity contribution in [3.63, 3.8) is 0 Å². The Morgan fingerprint density at radius 3 is 1.02 bits per heavy atom. The predicted octanol–water partition coefficient (Wildman–Crippen LogP) is 6.80. The second kappa shape index (κ2) is 10.1. The van der Waals surface area contributed by atoms with Gasteiger partial charge in [-0.25, -0.2) is 0 Å². The molecular weight excluding hydrogens is 524 g/mol. The number of hydrogen-bond acceptors (Lipinski definition) is 6. The second-order valence-corrected chi connectivity index (χ2v) is 10.3. The topological polar surface area (TPSA) is 94.1 Å². The third-order valence-corrected chi connectivity index (χ3v) is 7.80. The van der Waals surface area contributed by atoms with E-state index in [1.165, 1.54) is 0 Å². The Kier molecular flexibility index (Phi) is 6.09. The molecule has 2 heterocycles. The highest BCUT2D eigenvalue weighted by atomic mass is 16.2. The summed E-state index contributed by atoms with van der Waals surface area (Å²) in [7, 11) is 0. The fourth-order valence-electron chi connectivity index (χ4n) is 5.71. The molecule has 8 rings (SSSR count). The fraction of sp³-hybridized carbons (Fsp3) is 0.0556. The van der Waals surface area contributed by atoms with E-state index in [2.05, 4.69) is 9.97 Å². The largest absolute Gasteiger partial charge is 0.293 e. The van der Waals surface area contributed by atoms with E-state index in [0.717, 1.165) is 21.8 Å². The van der Waals surface area contributed by atoms with E-state index in [1.807, 2.05) is 60.7 Å². The maximum absolute atomic E-state index is 12.5. The number of hydrogen-bond donors (Lipinski definition) is 0. The quantitative estimate of drug-likeness (QED) is 0.222.